The highest BCUT2D eigenvalue weighted by Gasteiger charge is 2.31. The van der Waals surface area contributed by atoms with Crippen LogP contribution in [0.4, 0.5) is 0 Å². The second-order valence-corrected chi connectivity index (χ2v) is 5.45. The molecule has 0 spiro atoms. The molecule has 1 aromatic heterocycles. The Balaban J connectivity index is 2.12. The van der Waals surface area contributed by atoms with Gasteiger partial charge in [-0.25, -0.2) is 0 Å². The zero-order valence-electron chi connectivity index (χ0n) is 11.3. The van der Waals surface area contributed by atoms with E-state index in [1.807, 2.05) is 17.9 Å². The van der Waals surface area contributed by atoms with Crippen molar-refractivity contribution in [3.05, 3.63) is 18.0 Å². The van der Waals surface area contributed by atoms with Crippen LogP contribution in [0.1, 0.15) is 51.1 Å². The molecule has 0 aliphatic heterocycles. The van der Waals surface area contributed by atoms with Gasteiger partial charge >= 0.3 is 0 Å². The van der Waals surface area contributed by atoms with Crippen molar-refractivity contribution in [2.45, 2.75) is 45.6 Å². The van der Waals surface area contributed by atoms with E-state index in [4.69, 9.17) is 0 Å². The lowest BCUT2D eigenvalue weighted by Gasteiger charge is -2.27. The third kappa shape index (κ3) is 2.89. The molecular formula is C14H25N3. The lowest BCUT2D eigenvalue weighted by molar-refractivity contribution is 0.302. The summed E-state index contributed by atoms with van der Waals surface area (Å²) in [6.07, 6.45) is 9.51. The van der Waals surface area contributed by atoms with Crippen molar-refractivity contribution in [3.63, 3.8) is 0 Å². The van der Waals surface area contributed by atoms with E-state index in [9.17, 15) is 0 Å². The van der Waals surface area contributed by atoms with Crippen LogP contribution < -0.4 is 5.32 Å². The minimum Gasteiger partial charge on any atom is -0.310 e. The average molecular weight is 235 g/mol. The summed E-state index contributed by atoms with van der Waals surface area (Å²) in [5, 5.41) is 8.04. The molecule has 1 aliphatic carbocycles. The lowest BCUT2D eigenvalue weighted by Crippen LogP contribution is -2.30. The van der Waals surface area contributed by atoms with E-state index >= 15 is 0 Å². The molecule has 0 amide bonds. The predicted molar refractivity (Wildman–Crippen MR) is 70.7 cm³/mol. The summed E-state index contributed by atoms with van der Waals surface area (Å²) in [6.45, 7) is 5.73. The molecule has 17 heavy (non-hydrogen) atoms. The van der Waals surface area contributed by atoms with Gasteiger partial charge in [0.2, 0.25) is 0 Å². The van der Waals surface area contributed by atoms with E-state index in [-0.39, 0.29) is 0 Å². The summed E-state index contributed by atoms with van der Waals surface area (Å²) in [4.78, 5) is 0. The summed E-state index contributed by atoms with van der Waals surface area (Å²) in [6, 6.07) is 0.501. The lowest BCUT2D eigenvalue weighted by atomic mass is 9.87. The van der Waals surface area contributed by atoms with Crippen LogP contribution in [-0.4, -0.2) is 16.3 Å². The molecule has 0 radical (unpaired) electrons. The SMILES string of the molecule is CCCNC(c1cnn(C)c1)C1CCCC1C. The van der Waals surface area contributed by atoms with Gasteiger partial charge in [0, 0.05) is 24.8 Å². The van der Waals surface area contributed by atoms with Gasteiger partial charge in [0.15, 0.2) is 0 Å². The van der Waals surface area contributed by atoms with Gasteiger partial charge in [0.1, 0.15) is 0 Å². The maximum absolute atomic E-state index is 4.32. The molecule has 0 bridgehead atoms. The first-order valence-electron chi connectivity index (χ1n) is 6.94. The Bertz CT molecular complexity index is 345. The molecule has 3 nitrogen and oxygen atoms in total. The molecule has 0 saturated heterocycles. The van der Waals surface area contributed by atoms with Crippen molar-refractivity contribution in [1.29, 1.82) is 0 Å². The van der Waals surface area contributed by atoms with Crippen molar-refractivity contribution in [1.82, 2.24) is 15.1 Å². The first-order chi connectivity index (χ1) is 8.22. The monoisotopic (exact) mass is 235 g/mol. The van der Waals surface area contributed by atoms with Gasteiger partial charge in [-0.05, 0) is 31.2 Å². The summed E-state index contributed by atoms with van der Waals surface area (Å²) in [5.74, 6) is 1.62. The zero-order valence-corrected chi connectivity index (χ0v) is 11.3. The number of rotatable bonds is 5. The summed E-state index contributed by atoms with van der Waals surface area (Å²) in [7, 11) is 2.00. The van der Waals surface area contributed by atoms with E-state index in [1.54, 1.807) is 0 Å². The Labute approximate surface area is 105 Å². The maximum Gasteiger partial charge on any atom is 0.0537 e. The summed E-state index contributed by atoms with van der Waals surface area (Å²) < 4.78 is 1.91. The highest BCUT2D eigenvalue weighted by molar-refractivity contribution is 5.12. The van der Waals surface area contributed by atoms with Crippen molar-refractivity contribution in [2.75, 3.05) is 6.54 Å². The fraction of sp³-hybridized carbons (Fsp3) is 0.786. The van der Waals surface area contributed by atoms with Crippen LogP contribution in [0.3, 0.4) is 0 Å². The topological polar surface area (TPSA) is 29.9 Å². The maximum atomic E-state index is 4.32. The molecule has 1 N–H and O–H groups in total. The zero-order chi connectivity index (χ0) is 12.3. The van der Waals surface area contributed by atoms with Crippen molar-refractivity contribution < 1.29 is 0 Å². The van der Waals surface area contributed by atoms with Crippen LogP contribution in [0.2, 0.25) is 0 Å². The Hall–Kier alpha value is -0.830. The van der Waals surface area contributed by atoms with Gasteiger partial charge in [-0.3, -0.25) is 4.68 Å². The summed E-state index contributed by atoms with van der Waals surface area (Å²) >= 11 is 0. The van der Waals surface area contributed by atoms with Gasteiger partial charge in [-0.15, -0.1) is 0 Å². The molecule has 2 rings (SSSR count). The summed E-state index contributed by atoms with van der Waals surface area (Å²) in [5.41, 5.74) is 1.36. The first-order valence-corrected chi connectivity index (χ1v) is 6.94. The Morgan fingerprint density at radius 2 is 2.35 bits per heavy atom. The van der Waals surface area contributed by atoms with Crippen LogP contribution in [0.15, 0.2) is 12.4 Å². The molecule has 3 unspecified atom stereocenters. The molecule has 1 aliphatic rings. The molecule has 1 aromatic rings. The second-order valence-electron chi connectivity index (χ2n) is 5.45. The van der Waals surface area contributed by atoms with Gasteiger partial charge in [-0.2, -0.15) is 5.10 Å². The van der Waals surface area contributed by atoms with Gasteiger partial charge in [0.05, 0.1) is 6.20 Å². The van der Waals surface area contributed by atoms with Crippen molar-refractivity contribution >= 4 is 0 Å². The Morgan fingerprint density at radius 1 is 1.53 bits per heavy atom. The number of aromatic nitrogens is 2. The minimum absolute atomic E-state index is 0.501. The number of aryl methyl sites for hydroxylation is 1. The first kappa shape index (κ1) is 12.6. The van der Waals surface area contributed by atoms with E-state index in [1.165, 1.54) is 31.2 Å². The molecule has 3 atom stereocenters. The highest BCUT2D eigenvalue weighted by atomic mass is 15.2. The molecule has 1 heterocycles. The number of nitrogens with one attached hydrogen (secondary N) is 1. The predicted octanol–water partition coefficient (Wildman–Crippen LogP) is 2.90. The van der Waals surface area contributed by atoms with Crippen LogP contribution in [0, 0.1) is 11.8 Å². The molecule has 1 saturated carbocycles. The van der Waals surface area contributed by atoms with Crippen LogP contribution in [0.5, 0.6) is 0 Å². The van der Waals surface area contributed by atoms with Crippen molar-refractivity contribution in [3.8, 4) is 0 Å². The smallest absolute Gasteiger partial charge is 0.0537 e. The molecule has 3 heteroatoms. The van der Waals surface area contributed by atoms with Crippen LogP contribution in [-0.2, 0) is 7.05 Å². The fourth-order valence-electron chi connectivity index (χ4n) is 3.09. The number of hydrogen-bond donors (Lipinski definition) is 1. The third-order valence-corrected chi connectivity index (χ3v) is 4.05. The third-order valence-electron chi connectivity index (χ3n) is 4.05. The van der Waals surface area contributed by atoms with Crippen LogP contribution >= 0.6 is 0 Å². The fourth-order valence-corrected chi connectivity index (χ4v) is 3.09. The van der Waals surface area contributed by atoms with Crippen LogP contribution in [0.25, 0.3) is 0 Å². The minimum atomic E-state index is 0.501. The van der Waals surface area contributed by atoms with Gasteiger partial charge in [0.25, 0.3) is 0 Å². The van der Waals surface area contributed by atoms with E-state index in [2.05, 4.69) is 30.5 Å². The number of nitrogens with zero attached hydrogens (tertiary/aromatic N) is 2. The van der Waals surface area contributed by atoms with Gasteiger partial charge < -0.3 is 5.32 Å². The molecule has 96 valence electrons. The van der Waals surface area contributed by atoms with Gasteiger partial charge in [-0.1, -0.05) is 26.7 Å². The van der Waals surface area contributed by atoms with E-state index in [0.717, 1.165) is 18.4 Å². The largest absolute Gasteiger partial charge is 0.310 e. The molecule has 0 aromatic carbocycles. The Morgan fingerprint density at radius 3 is 2.88 bits per heavy atom. The highest BCUT2D eigenvalue weighted by Crippen LogP contribution is 2.39. The standard InChI is InChI=1S/C14H25N3/c1-4-8-15-14(12-9-16-17(3)10-12)13-7-5-6-11(13)2/h9-11,13-15H,4-8H2,1-3H3. The second kappa shape index (κ2) is 5.67. The average Bonchev–Trinajstić information content (AvgIpc) is 2.90. The van der Waals surface area contributed by atoms with E-state index in [0.29, 0.717) is 6.04 Å². The van der Waals surface area contributed by atoms with E-state index < -0.39 is 0 Å². The van der Waals surface area contributed by atoms with Crippen molar-refractivity contribution in [2.24, 2.45) is 18.9 Å². The number of hydrogen-bond acceptors (Lipinski definition) is 2. The molecular weight excluding hydrogens is 210 g/mol. The normalized spacial score (nSPS) is 26.3. The quantitative estimate of drug-likeness (QED) is 0.850. The molecule has 1 fully saturated rings. The Kier molecular flexibility index (Phi) is 4.21.